The molecule has 3 aliphatic rings. The van der Waals surface area contributed by atoms with Crippen LogP contribution >= 0.6 is 0 Å². The molecule has 0 unspecified atom stereocenters. The quantitative estimate of drug-likeness (QED) is 0.411. The molecule has 0 amide bonds. The average Bonchev–Trinajstić information content (AvgIpc) is 2.59. The number of carbonyl (C=O) groups excluding carboxylic acids is 1. The van der Waals surface area contributed by atoms with Crippen molar-refractivity contribution >= 4 is 11.9 Å². The van der Waals surface area contributed by atoms with Crippen molar-refractivity contribution in [2.45, 2.75) is 72.1 Å². The van der Waals surface area contributed by atoms with Crippen LogP contribution in [0.3, 0.4) is 0 Å². The maximum absolute atomic E-state index is 11.8. The Morgan fingerprint density at radius 3 is 2.70 bits per heavy atom. The summed E-state index contributed by atoms with van der Waals surface area (Å²) in [7, 11) is 0. The standard InChI is InChI=1S/C23H34O4/c1-5-21(2)12-9-17-16(14-21)7-8-18-22(3,10-6-11-23(17,18)4)15-27-20(26)13-19(24)25/h5,7,17-18H,1,6,8-15H2,2-4H3,(H,24,25)/t17-,18+,21-,22+,23-/m0/s1. The zero-order chi connectivity index (χ0) is 19.9. The van der Waals surface area contributed by atoms with Crippen molar-refractivity contribution < 1.29 is 19.4 Å². The minimum absolute atomic E-state index is 0.0810. The van der Waals surface area contributed by atoms with E-state index in [0.717, 1.165) is 25.7 Å². The first-order valence-corrected chi connectivity index (χ1v) is 10.3. The highest BCUT2D eigenvalue weighted by Gasteiger charge is 2.55. The molecule has 0 bridgehead atoms. The number of allylic oxidation sites excluding steroid dienone is 3. The van der Waals surface area contributed by atoms with E-state index in [-0.39, 0.29) is 16.2 Å². The van der Waals surface area contributed by atoms with Gasteiger partial charge in [0.15, 0.2) is 0 Å². The van der Waals surface area contributed by atoms with Gasteiger partial charge in [-0.2, -0.15) is 0 Å². The van der Waals surface area contributed by atoms with Crippen molar-refractivity contribution in [3.05, 3.63) is 24.3 Å². The van der Waals surface area contributed by atoms with E-state index in [0.29, 0.717) is 18.4 Å². The van der Waals surface area contributed by atoms with E-state index in [1.807, 2.05) is 0 Å². The van der Waals surface area contributed by atoms with Gasteiger partial charge in [0.1, 0.15) is 6.42 Å². The third-order valence-electron chi connectivity index (χ3n) is 7.92. The van der Waals surface area contributed by atoms with Gasteiger partial charge in [0, 0.05) is 5.41 Å². The molecule has 4 heteroatoms. The first-order chi connectivity index (χ1) is 12.6. The number of ether oxygens (including phenoxy) is 1. The van der Waals surface area contributed by atoms with Crippen LogP contribution in [0.4, 0.5) is 0 Å². The number of carbonyl (C=O) groups is 2. The molecule has 3 rings (SSSR count). The summed E-state index contributed by atoms with van der Waals surface area (Å²) in [6.45, 7) is 11.4. The van der Waals surface area contributed by atoms with Gasteiger partial charge >= 0.3 is 11.9 Å². The zero-order valence-electron chi connectivity index (χ0n) is 17.1. The molecule has 150 valence electrons. The second-order valence-corrected chi connectivity index (χ2v) is 9.94. The summed E-state index contributed by atoms with van der Waals surface area (Å²) in [6.07, 6.45) is 12.0. The number of esters is 1. The number of carboxylic acid groups (broad SMARTS) is 1. The van der Waals surface area contributed by atoms with Crippen molar-refractivity contribution in [3.63, 3.8) is 0 Å². The van der Waals surface area contributed by atoms with Gasteiger partial charge in [0.2, 0.25) is 0 Å². The van der Waals surface area contributed by atoms with Crippen LogP contribution in [-0.4, -0.2) is 23.7 Å². The van der Waals surface area contributed by atoms with Gasteiger partial charge in [-0.3, -0.25) is 9.59 Å². The van der Waals surface area contributed by atoms with Crippen LogP contribution < -0.4 is 0 Å². The monoisotopic (exact) mass is 374 g/mol. The molecule has 5 atom stereocenters. The van der Waals surface area contributed by atoms with E-state index < -0.39 is 18.4 Å². The maximum atomic E-state index is 11.8. The second kappa shape index (κ2) is 7.10. The van der Waals surface area contributed by atoms with Crippen LogP contribution in [0.5, 0.6) is 0 Å². The summed E-state index contributed by atoms with van der Waals surface area (Å²) in [5, 5.41) is 8.79. The molecule has 0 aromatic rings. The topological polar surface area (TPSA) is 63.6 Å². The van der Waals surface area contributed by atoms with Gasteiger partial charge in [-0.05, 0) is 61.2 Å². The zero-order valence-corrected chi connectivity index (χ0v) is 17.1. The molecule has 27 heavy (non-hydrogen) atoms. The van der Waals surface area contributed by atoms with Gasteiger partial charge in [-0.25, -0.2) is 0 Å². The third kappa shape index (κ3) is 3.72. The van der Waals surface area contributed by atoms with Crippen molar-refractivity contribution in [1.29, 1.82) is 0 Å². The first kappa shape index (κ1) is 20.2. The maximum Gasteiger partial charge on any atom is 0.317 e. The number of carboxylic acids is 1. The highest BCUT2D eigenvalue weighted by atomic mass is 16.5. The molecule has 0 heterocycles. The number of rotatable bonds is 5. The van der Waals surface area contributed by atoms with Crippen LogP contribution in [0.25, 0.3) is 0 Å². The SMILES string of the molecule is C=C[C@@]1(C)CC[C@H]2C(=CC[C@@H]3[C@@](C)(COC(=O)CC(=O)O)CCC[C@]32C)C1. The van der Waals surface area contributed by atoms with E-state index >= 15 is 0 Å². The van der Waals surface area contributed by atoms with Crippen molar-refractivity contribution in [2.24, 2.45) is 28.1 Å². The Kier molecular flexibility index (Phi) is 5.31. The lowest BCUT2D eigenvalue weighted by atomic mass is 9.45. The van der Waals surface area contributed by atoms with Crippen molar-refractivity contribution in [2.75, 3.05) is 6.61 Å². The van der Waals surface area contributed by atoms with Gasteiger partial charge in [0.25, 0.3) is 0 Å². The van der Waals surface area contributed by atoms with E-state index in [9.17, 15) is 9.59 Å². The molecular formula is C23H34O4. The molecule has 1 N–H and O–H groups in total. The Balaban J connectivity index is 1.79. The van der Waals surface area contributed by atoms with Crippen molar-refractivity contribution in [1.82, 2.24) is 0 Å². The molecular weight excluding hydrogens is 340 g/mol. The summed E-state index contributed by atoms with van der Waals surface area (Å²) in [6, 6.07) is 0. The Hall–Kier alpha value is -1.58. The molecule has 0 radical (unpaired) electrons. The largest absolute Gasteiger partial charge is 0.481 e. The van der Waals surface area contributed by atoms with Crippen LogP contribution in [0.15, 0.2) is 24.3 Å². The molecule has 0 aromatic heterocycles. The molecule has 3 aliphatic carbocycles. The fourth-order valence-corrected chi connectivity index (χ4v) is 6.33. The van der Waals surface area contributed by atoms with E-state index in [4.69, 9.17) is 9.84 Å². The Labute approximate surface area is 163 Å². The molecule has 2 fully saturated rings. The van der Waals surface area contributed by atoms with Gasteiger partial charge in [0.05, 0.1) is 6.61 Å². The minimum atomic E-state index is -1.13. The van der Waals surface area contributed by atoms with E-state index in [1.54, 1.807) is 5.57 Å². The number of fused-ring (bicyclic) bond motifs is 3. The summed E-state index contributed by atoms with van der Waals surface area (Å²) in [5.41, 5.74) is 1.98. The van der Waals surface area contributed by atoms with E-state index in [1.165, 1.54) is 19.3 Å². The average molecular weight is 375 g/mol. The summed E-state index contributed by atoms with van der Waals surface area (Å²) >= 11 is 0. The summed E-state index contributed by atoms with van der Waals surface area (Å²) in [4.78, 5) is 22.5. The lowest BCUT2D eigenvalue weighted by molar-refractivity contribution is -0.159. The van der Waals surface area contributed by atoms with Gasteiger partial charge < -0.3 is 9.84 Å². The highest BCUT2D eigenvalue weighted by Crippen LogP contribution is 2.63. The molecule has 0 spiro atoms. The number of hydrogen-bond donors (Lipinski definition) is 1. The Morgan fingerprint density at radius 2 is 2.04 bits per heavy atom. The fourth-order valence-electron chi connectivity index (χ4n) is 6.33. The summed E-state index contributed by atoms with van der Waals surface area (Å²) < 4.78 is 5.42. The molecule has 4 nitrogen and oxygen atoms in total. The Bertz CT molecular complexity index is 665. The number of hydrogen-bond acceptors (Lipinski definition) is 3. The van der Waals surface area contributed by atoms with E-state index in [2.05, 4.69) is 39.5 Å². The van der Waals surface area contributed by atoms with Gasteiger partial charge in [-0.15, -0.1) is 6.58 Å². The lowest BCUT2D eigenvalue weighted by Crippen LogP contribution is -2.52. The van der Waals surface area contributed by atoms with Crippen LogP contribution in [0.1, 0.15) is 72.1 Å². The predicted molar refractivity (Wildman–Crippen MR) is 105 cm³/mol. The molecule has 2 saturated carbocycles. The second-order valence-electron chi connectivity index (χ2n) is 9.94. The minimum Gasteiger partial charge on any atom is -0.481 e. The molecule has 0 aliphatic heterocycles. The highest BCUT2D eigenvalue weighted by molar-refractivity contribution is 5.90. The number of aliphatic carboxylic acids is 1. The normalized spacial score (nSPS) is 40.9. The van der Waals surface area contributed by atoms with Crippen LogP contribution in [0.2, 0.25) is 0 Å². The Morgan fingerprint density at radius 1 is 1.30 bits per heavy atom. The fraction of sp³-hybridized carbons (Fsp3) is 0.739. The molecule has 0 aromatic carbocycles. The van der Waals surface area contributed by atoms with Crippen molar-refractivity contribution in [3.8, 4) is 0 Å². The smallest absolute Gasteiger partial charge is 0.317 e. The molecule has 0 saturated heterocycles. The van der Waals surface area contributed by atoms with Crippen LogP contribution in [0, 0.1) is 28.1 Å². The first-order valence-electron chi connectivity index (χ1n) is 10.3. The predicted octanol–water partition coefficient (Wildman–Crippen LogP) is 5.14. The van der Waals surface area contributed by atoms with Crippen LogP contribution in [-0.2, 0) is 14.3 Å². The lowest BCUT2D eigenvalue weighted by Gasteiger charge is -2.59. The summed E-state index contributed by atoms with van der Waals surface area (Å²) in [5.74, 6) is -0.671. The van der Waals surface area contributed by atoms with Gasteiger partial charge in [-0.1, -0.05) is 44.9 Å². The third-order valence-corrected chi connectivity index (χ3v) is 7.92.